The van der Waals surface area contributed by atoms with Crippen molar-refractivity contribution in [2.24, 2.45) is 5.92 Å². The zero-order valence-corrected chi connectivity index (χ0v) is 20.6. The van der Waals surface area contributed by atoms with E-state index < -0.39 is 0 Å². The minimum absolute atomic E-state index is 0.380. The van der Waals surface area contributed by atoms with E-state index in [1.165, 1.54) is 22.4 Å². The zero-order chi connectivity index (χ0) is 22.5. The fraction of sp³-hybridized carbons (Fsp3) is 0.538. The first-order valence-electron chi connectivity index (χ1n) is 11.4. The topological polar surface area (TPSA) is 24.9 Å². The molecule has 0 amide bonds. The summed E-state index contributed by atoms with van der Waals surface area (Å²) in [4.78, 5) is 4.98. The van der Waals surface area contributed by atoms with Crippen LogP contribution in [0.2, 0.25) is 5.02 Å². The Morgan fingerprint density at radius 3 is 2.29 bits per heavy atom. The lowest BCUT2D eigenvalue weighted by atomic mass is 9.96. The molecule has 4 nitrogen and oxygen atoms in total. The Morgan fingerprint density at radius 1 is 0.935 bits per heavy atom. The standard InChI is InChI=1S/C26H37ClN2O2/c1-18(2)11-16-31-25-10-8-23(19(3)20(25)4)21(5)28-12-14-29(15-13-28)22-7-9-24(27)26(17-22)30-6/h7-10,17-18,21H,11-16H2,1-6H3. The van der Waals surface area contributed by atoms with Gasteiger partial charge in [-0.25, -0.2) is 0 Å². The van der Waals surface area contributed by atoms with Crippen molar-refractivity contribution >= 4 is 17.3 Å². The van der Waals surface area contributed by atoms with E-state index in [1.807, 2.05) is 12.1 Å². The summed E-state index contributed by atoms with van der Waals surface area (Å²) >= 11 is 6.19. The highest BCUT2D eigenvalue weighted by atomic mass is 35.5. The molecule has 1 aliphatic heterocycles. The van der Waals surface area contributed by atoms with Gasteiger partial charge in [-0.3, -0.25) is 4.90 Å². The number of benzene rings is 2. The summed E-state index contributed by atoms with van der Waals surface area (Å²) in [6, 6.07) is 10.8. The Bertz CT molecular complexity index is 876. The molecule has 0 saturated carbocycles. The second-order valence-electron chi connectivity index (χ2n) is 8.95. The number of piperazine rings is 1. The first-order valence-corrected chi connectivity index (χ1v) is 11.7. The predicted molar refractivity (Wildman–Crippen MR) is 131 cm³/mol. The van der Waals surface area contributed by atoms with Gasteiger partial charge in [0.2, 0.25) is 0 Å². The van der Waals surface area contributed by atoms with E-state index in [1.54, 1.807) is 7.11 Å². The first kappa shape index (κ1) is 23.7. The van der Waals surface area contributed by atoms with Gasteiger partial charge in [0.1, 0.15) is 11.5 Å². The molecule has 0 bridgehead atoms. The predicted octanol–water partition coefficient (Wildman–Crippen LogP) is 6.27. The van der Waals surface area contributed by atoms with Crippen molar-refractivity contribution in [1.82, 2.24) is 4.90 Å². The van der Waals surface area contributed by atoms with Crippen molar-refractivity contribution in [3.05, 3.63) is 52.0 Å². The number of anilines is 1. The van der Waals surface area contributed by atoms with Crippen molar-refractivity contribution < 1.29 is 9.47 Å². The van der Waals surface area contributed by atoms with Gasteiger partial charge < -0.3 is 14.4 Å². The summed E-state index contributed by atoms with van der Waals surface area (Å²) < 4.78 is 11.4. The number of hydrogen-bond acceptors (Lipinski definition) is 4. The minimum atomic E-state index is 0.380. The van der Waals surface area contributed by atoms with Crippen molar-refractivity contribution in [1.29, 1.82) is 0 Å². The minimum Gasteiger partial charge on any atom is -0.495 e. The van der Waals surface area contributed by atoms with Gasteiger partial charge in [-0.05, 0) is 68.0 Å². The summed E-state index contributed by atoms with van der Waals surface area (Å²) in [7, 11) is 1.66. The molecule has 5 heteroatoms. The molecule has 1 fully saturated rings. The Hall–Kier alpha value is -1.91. The quantitative estimate of drug-likeness (QED) is 0.478. The molecule has 1 heterocycles. The van der Waals surface area contributed by atoms with Crippen LogP contribution in [0.5, 0.6) is 11.5 Å². The molecule has 1 unspecified atom stereocenters. The first-order chi connectivity index (χ1) is 14.8. The average Bonchev–Trinajstić information content (AvgIpc) is 2.76. The van der Waals surface area contributed by atoms with Gasteiger partial charge >= 0.3 is 0 Å². The maximum absolute atomic E-state index is 6.19. The monoisotopic (exact) mass is 444 g/mol. The second kappa shape index (κ2) is 10.6. The highest BCUT2D eigenvalue weighted by Gasteiger charge is 2.24. The largest absolute Gasteiger partial charge is 0.495 e. The van der Waals surface area contributed by atoms with E-state index in [2.05, 4.69) is 62.6 Å². The van der Waals surface area contributed by atoms with Gasteiger partial charge in [0, 0.05) is 44.0 Å². The van der Waals surface area contributed by atoms with E-state index in [0.29, 0.717) is 17.0 Å². The molecule has 1 saturated heterocycles. The molecule has 0 aliphatic carbocycles. The Balaban J connectivity index is 1.64. The van der Waals surface area contributed by atoms with Crippen LogP contribution in [0.15, 0.2) is 30.3 Å². The molecule has 0 aromatic heterocycles. The maximum atomic E-state index is 6.19. The van der Waals surface area contributed by atoms with Crippen molar-refractivity contribution in [2.45, 2.75) is 47.1 Å². The molecule has 3 rings (SSSR count). The highest BCUT2D eigenvalue weighted by Crippen LogP contribution is 2.33. The number of halogens is 1. The fourth-order valence-electron chi connectivity index (χ4n) is 4.24. The summed E-state index contributed by atoms with van der Waals surface area (Å²) in [6.07, 6.45) is 1.08. The molecular weight excluding hydrogens is 408 g/mol. The third-order valence-corrected chi connectivity index (χ3v) is 6.86. The van der Waals surface area contributed by atoms with Gasteiger partial charge in [-0.2, -0.15) is 0 Å². The molecule has 0 spiro atoms. The SMILES string of the molecule is COc1cc(N2CCN(C(C)c3ccc(OCCC(C)C)c(C)c3C)CC2)ccc1Cl. The molecule has 0 N–H and O–H groups in total. The van der Waals surface area contributed by atoms with E-state index in [9.17, 15) is 0 Å². The Kier molecular flexibility index (Phi) is 8.12. The fourth-order valence-corrected chi connectivity index (χ4v) is 4.43. The summed E-state index contributed by atoms with van der Waals surface area (Å²) in [5, 5.41) is 0.654. The lowest BCUT2D eigenvalue weighted by Crippen LogP contribution is -2.47. The van der Waals surface area contributed by atoms with Gasteiger partial charge in [-0.15, -0.1) is 0 Å². The van der Waals surface area contributed by atoms with Crippen LogP contribution in [0.1, 0.15) is 49.9 Å². The number of hydrogen-bond donors (Lipinski definition) is 0. The second-order valence-corrected chi connectivity index (χ2v) is 9.36. The molecule has 1 aliphatic rings. The summed E-state index contributed by atoms with van der Waals surface area (Å²) in [5.41, 5.74) is 5.18. The van der Waals surface area contributed by atoms with Crippen LogP contribution >= 0.6 is 11.6 Å². The molecule has 2 aromatic carbocycles. The lowest BCUT2D eigenvalue weighted by molar-refractivity contribution is 0.198. The van der Waals surface area contributed by atoms with E-state index >= 15 is 0 Å². The van der Waals surface area contributed by atoms with Crippen molar-refractivity contribution in [2.75, 3.05) is 44.8 Å². The smallest absolute Gasteiger partial charge is 0.139 e. The maximum Gasteiger partial charge on any atom is 0.139 e. The van der Waals surface area contributed by atoms with Gasteiger partial charge in [0.25, 0.3) is 0 Å². The van der Waals surface area contributed by atoms with Crippen LogP contribution in [0.25, 0.3) is 0 Å². The van der Waals surface area contributed by atoms with Crippen molar-refractivity contribution in [3.8, 4) is 11.5 Å². The zero-order valence-electron chi connectivity index (χ0n) is 19.9. The molecular formula is C26H37ClN2O2. The van der Waals surface area contributed by atoms with Gasteiger partial charge in [0.05, 0.1) is 18.7 Å². The molecule has 170 valence electrons. The normalized spacial score (nSPS) is 15.9. The van der Waals surface area contributed by atoms with Crippen LogP contribution in [0, 0.1) is 19.8 Å². The third-order valence-electron chi connectivity index (χ3n) is 6.54. The molecule has 1 atom stereocenters. The number of rotatable bonds is 8. The van der Waals surface area contributed by atoms with E-state index in [-0.39, 0.29) is 0 Å². The van der Waals surface area contributed by atoms with Crippen LogP contribution in [-0.4, -0.2) is 44.8 Å². The Morgan fingerprint density at radius 2 is 1.65 bits per heavy atom. The molecule has 0 radical (unpaired) electrons. The summed E-state index contributed by atoms with van der Waals surface area (Å²) in [6.45, 7) is 16.0. The van der Waals surface area contributed by atoms with E-state index in [4.69, 9.17) is 21.1 Å². The van der Waals surface area contributed by atoms with Gasteiger partial charge in [0.15, 0.2) is 0 Å². The van der Waals surface area contributed by atoms with Crippen LogP contribution in [0.3, 0.4) is 0 Å². The third kappa shape index (κ3) is 5.67. The summed E-state index contributed by atoms with van der Waals surface area (Å²) in [5.74, 6) is 2.42. The number of methoxy groups -OCH3 is 1. The van der Waals surface area contributed by atoms with Gasteiger partial charge in [-0.1, -0.05) is 31.5 Å². The Labute approximate surface area is 193 Å². The van der Waals surface area contributed by atoms with Crippen molar-refractivity contribution in [3.63, 3.8) is 0 Å². The average molecular weight is 445 g/mol. The van der Waals surface area contributed by atoms with Crippen LogP contribution in [-0.2, 0) is 0 Å². The number of ether oxygens (including phenoxy) is 2. The molecule has 31 heavy (non-hydrogen) atoms. The van der Waals surface area contributed by atoms with E-state index in [0.717, 1.165) is 50.7 Å². The highest BCUT2D eigenvalue weighted by molar-refractivity contribution is 6.32. The van der Waals surface area contributed by atoms with Crippen LogP contribution in [0.4, 0.5) is 5.69 Å². The van der Waals surface area contributed by atoms with Crippen LogP contribution < -0.4 is 14.4 Å². The number of nitrogens with zero attached hydrogens (tertiary/aromatic N) is 2. The molecule has 2 aromatic rings. The lowest BCUT2D eigenvalue weighted by Gasteiger charge is -2.40.